The topological polar surface area (TPSA) is 75.5 Å². The zero-order chi connectivity index (χ0) is 29.1. The number of carbonyl (C=O) groups excluding carboxylic acids is 1. The lowest BCUT2D eigenvalue weighted by atomic mass is 9.86. The molecule has 2 aromatic heterocycles. The highest BCUT2D eigenvalue weighted by atomic mass is 28.3. The molecular formula is C28H33F4N3O4Si. The highest BCUT2D eigenvalue weighted by Gasteiger charge is 2.35. The number of benzene rings is 1. The number of ether oxygens (including phenoxy) is 3. The smallest absolute Gasteiger partial charge is 0.434 e. The van der Waals surface area contributed by atoms with Crippen LogP contribution in [0.3, 0.4) is 0 Å². The summed E-state index contributed by atoms with van der Waals surface area (Å²) in [6.07, 6.45) is 0.345. The van der Waals surface area contributed by atoms with E-state index < -0.39 is 25.8 Å². The van der Waals surface area contributed by atoms with Crippen LogP contribution < -0.4 is 4.74 Å². The number of aromatic nitrogens is 3. The number of nitrogens with zero attached hydrogens (tertiary/aromatic N) is 3. The molecule has 40 heavy (non-hydrogen) atoms. The molecule has 0 amide bonds. The lowest BCUT2D eigenvalue weighted by Crippen LogP contribution is -2.25. The number of aryl methyl sites for hydroxylation is 1. The molecule has 0 atom stereocenters. The highest BCUT2D eigenvalue weighted by Crippen LogP contribution is 2.34. The Kier molecular flexibility index (Phi) is 8.98. The summed E-state index contributed by atoms with van der Waals surface area (Å²) in [6.45, 7) is 8.26. The van der Waals surface area contributed by atoms with Crippen molar-refractivity contribution < 1.29 is 36.6 Å². The Morgan fingerprint density at radius 1 is 1.15 bits per heavy atom. The monoisotopic (exact) mass is 579 g/mol. The minimum absolute atomic E-state index is 0.0564. The molecular weight excluding hydrogens is 546 g/mol. The van der Waals surface area contributed by atoms with E-state index in [1.807, 2.05) is 0 Å². The van der Waals surface area contributed by atoms with Crippen molar-refractivity contribution in [2.75, 3.05) is 13.4 Å². The van der Waals surface area contributed by atoms with Gasteiger partial charge in [-0.05, 0) is 49.1 Å². The van der Waals surface area contributed by atoms with E-state index in [0.29, 0.717) is 17.7 Å². The molecule has 12 heteroatoms. The van der Waals surface area contributed by atoms with E-state index in [-0.39, 0.29) is 42.7 Å². The summed E-state index contributed by atoms with van der Waals surface area (Å²) in [5.74, 6) is -0.992. The maximum absolute atomic E-state index is 15.3. The first-order valence-corrected chi connectivity index (χ1v) is 16.8. The molecule has 1 aliphatic carbocycles. The Labute approximate surface area is 231 Å². The summed E-state index contributed by atoms with van der Waals surface area (Å²) >= 11 is 0. The van der Waals surface area contributed by atoms with Crippen LogP contribution >= 0.6 is 0 Å². The summed E-state index contributed by atoms with van der Waals surface area (Å²) < 4.78 is 73.0. The van der Waals surface area contributed by atoms with Gasteiger partial charge in [-0.2, -0.15) is 13.2 Å². The number of rotatable bonds is 11. The number of pyridine rings is 1. The van der Waals surface area contributed by atoms with Gasteiger partial charge in [0.05, 0.1) is 11.5 Å². The molecule has 0 unspecified atom stereocenters. The molecule has 2 heterocycles. The van der Waals surface area contributed by atoms with E-state index in [4.69, 9.17) is 14.2 Å². The maximum Gasteiger partial charge on any atom is 0.434 e. The van der Waals surface area contributed by atoms with E-state index in [0.717, 1.165) is 37.1 Å². The number of hydrogen-bond acceptors (Lipinski definition) is 6. The molecule has 4 rings (SSSR count). The zero-order valence-electron chi connectivity index (χ0n) is 23.0. The number of esters is 1. The third-order valence-electron chi connectivity index (χ3n) is 6.75. The van der Waals surface area contributed by atoms with E-state index in [9.17, 15) is 18.0 Å². The Bertz CT molecular complexity index is 1350. The van der Waals surface area contributed by atoms with Gasteiger partial charge < -0.3 is 18.8 Å². The fraction of sp³-hybridized carbons (Fsp3) is 0.464. The number of hydrogen-bond donors (Lipinski definition) is 0. The van der Waals surface area contributed by atoms with Crippen LogP contribution in [0.2, 0.25) is 25.7 Å². The largest absolute Gasteiger partial charge is 0.440 e. The van der Waals surface area contributed by atoms with Crippen molar-refractivity contribution in [2.45, 2.75) is 64.8 Å². The molecule has 0 saturated heterocycles. The number of carbonyl (C=O) groups is 1. The van der Waals surface area contributed by atoms with Gasteiger partial charge in [0.2, 0.25) is 12.7 Å². The van der Waals surface area contributed by atoms with Crippen LogP contribution in [0.4, 0.5) is 17.6 Å². The number of alkyl halides is 3. The van der Waals surface area contributed by atoms with Crippen LogP contribution in [-0.2, 0) is 27.2 Å². The van der Waals surface area contributed by atoms with Crippen molar-refractivity contribution in [3.05, 3.63) is 53.7 Å². The van der Waals surface area contributed by atoms with E-state index in [2.05, 4.69) is 29.6 Å². The average molecular weight is 580 g/mol. The standard InChI is InChI=1S/C28H33F4N3O4Si/c1-18-12-25(38-17-39-27(36)19-6-5-7-19)33-14-22(18)20-8-9-21(23(29)13-20)26-34-24(28(30,31)32)15-35(26)16-37-10-11-40(2,3)4/h8-9,12-15,19H,5-7,10-11,16-17H2,1-4H3. The molecule has 1 aliphatic rings. The van der Waals surface area contributed by atoms with Gasteiger partial charge in [0.1, 0.15) is 18.4 Å². The molecule has 0 radical (unpaired) electrons. The average Bonchev–Trinajstić information content (AvgIpc) is 3.25. The first kappa shape index (κ1) is 29.7. The van der Waals surface area contributed by atoms with Crippen molar-refractivity contribution in [1.82, 2.24) is 14.5 Å². The maximum atomic E-state index is 15.3. The quantitative estimate of drug-likeness (QED) is 0.0795. The van der Waals surface area contributed by atoms with Crippen molar-refractivity contribution in [3.63, 3.8) is 0 Å². The Hall–Kier alpha value is -3.25. The second kappa shape index (κ2) is 12.1. The molecule has 0 aliphatic heterocycles. The fourth-order valence-electron chi connectivity index (χ4n) is 4.09. The highest BCUT2D eigenvalue weighted by molar-refractivity contribution is 6.76. The molecule has 1 saturated carbocycles. The summed E-state index contributed by atoms with van der Waals surface area (Å²) in [5.41, 5.74) is 0.618. The Balaban J connectivity index is 1.49. The lowest BCUT2D eigenvalue weighted by molar-refractivity contribution is -0.158. The number of imidazole rings is 1. The van der Waals surface area contributed by atoms with Crippen molar-refractivity contribution in [1.29, 1.82) is 0 Å². The van der Waals surface area contributed by atoms with E-state index in [1.54, 1.807) is 19.1 Å². The summed E-state index contributed by atoms with van der Waals surface area (Å²) in [4.78, 5) is 19.7. The van der Waals surface area contributed by atoms with Crippen molar-refractivity contribution in [2.24, 2.45) is 5.92 Å². The van der Waals surface area contributed by atoms with Gasteiger partial charge in [-0.15, -0.1) is 0 Å². The van der Waals surface area contributed by atoms with Crippen LogP contribution in [0.1, 0.15) is 30.5 Å². The van der Waals surface area contributed by atoms with Crippen LogP contribution in [0.5, 0.6) is 5.88 Å². The molecule has 0 bridgehead atoms. The minimum atomic E-state index is -4.68. The molecule has 0 spiro atoms. The predicted molar refractivity (Wildman–Crippen MR) is 144 cm³/mol. The van der Waals surface area contributed by atoms with Crippen molar-refractivity contribution in [3.8, 4) is 28.4 Å². The van der Waals surface area contributed by atoms with Crippen LogP contribution in [0.25, 0.3) is 22.5 Å². The molecule has 1 fully saturated rings. The van der Waals surface area contributed by atoms with Crippen LogP contribution in [-0.4, -0.2) is 42.0 Å². The molecule has 1 aromatic carbocycles. The fourth-order valence-corrected chi connectivity index (χ4v) is 4.85. The Morgan fingerprint density at radius 3 is 2.50 bits per heavy atom. The third kappa shape index (κ3) is 7.48. The molecule has 3 aromatic rings. The minimum Gasteiger partial charge on any atom is -0.440 e. The SMILES string of the molecule is Cc1cc(OCOC(=O)C2CCC2)ncc1-c1ccc(-c2nc(C(F)(F)F)cn2COCC[Si](C)(C)C)c(F)c1. The van der Waals surface area contributed by atoms with E-state index >= 15 is 4.39 Å². The van der Waals surface area contributed by atoms with E-state index in [1.165, 1.54) is 22.9 Å². The van der Waals surface area contributed by atoms with Gasteiger partial charge in [-0.1, -0.05) is 32.1 Å². The van der Waals surface area contributed by atoms with Gasteiger partial charge in [0.25, 0.3) is 0 Å². The van der Waals surface area contributed by atoms with Gasteiger partial charge >= 0.3 is 12.1 Å². The normalized spacial score (nSPS) is 14.2. The predicted octanol–water partition coefficient (Wildman–Crippen LogP) is 7.07. The second-order valence-electron chi connectivity index (χ2n) is 11.2. The molecule has 216 valence electrons. The van der Waals surface area contributed by atoms with Gasteiger partial charge in [0.15, 0.2) is 5.69 Å². The van der Waals surface area contributed by atoms with Gasteiger partial charge in [-0.25, -0.2) is 14.4 Å². The van der Waals surface area contributed by atoms with Crippen LogP contribution in [0, 0.1) is 18.7 Å². The van der Waals surface area contributed by atoms with Gasteiger partial charge in [0, 0.05) is 38.7 Å². The molecule has 7 nitrogen and oxygen atoms in total. The zero-order valence-corrected chi connectivity index (χ0v) is 24.0. The Morgan fingerprint density at radius 2 is 1.90 bits per heavy atom. The van der Waals surface area contributed by atoms with Crippen LogP contribution in [0.15, 0.2) is 36.7 Å². The van der Waals surface area contributed by atoms with Crippen molar-refractivity contribution >= 4 is 14.0 Å². The summed E-state index contributed by atoms with van der Waals surface area (Å²) in [6, 6.07) is 6.71. The number of halogens is 4. The summed E-state index contributed by atoms with van der Waals surface area (Å²) in [7, 11) is -1.39. The van der Waals surface area contributed by atoms with Gasteiger partial charge in [-0.3, -0.25) is 4.79 Å². The first-order chi connectivity index (χ1) is 18.8. The lowest BCUT2D eigenvalue weighted by Gasteiger charge is -2.22. The summed E-state index contributed by atoms with van der Waals surface area (Å²) in [5, 5.41) is 0. The third-order valence-corrected chi connectivity index (χ3v) is 8.45. The first-order valence-electron chi connectivity index (χ1n) is 13.1. The molecule has 0 N–H and O–H groups in total. The second-order valence-corrected chi connectivity index (χ2v) is 16.8.